The average Bonchev–Trinajstić information content (AvgIpc) is 3.10. The normalized spacial score (nSPS) is 19.9. The SMILES string of the molecule is Cc1cc(NC(=O)C2CNNC2S(=O)(=O)Nc2ccccc2)ccc1F. The maximum Gasteiger partial charge on any atom is 0.250 e. The highest BCUT2D eigenvalue weighted by atomic mass is 32.2. The highest BCUT2D eigenvalue weighted by Crippen LogP contribution is 2.20. The van der Waals surface area contributed by atoms with Gasteiger partial charge in [0.05, 0.1) is 5.92 Å². The highest BCUT2D eigenvalue weighted by Gasteiger charge is 2.41. The van der Waals surface area contributed by atoms with Gasteiger partial charge in [-0.1, -0.05) is 18.2 Å². The van der Waals surface area contributed by atoms with Crippen molar-refractivity contribution in [2.75, 3.05) is 16.6 Å². The maximum absolute atomic E-state index is 13.3. The minimum atomic E-state index is -3.86. The van der Waals surface area contributed by atoms with Gasteiger partial charge in [-0.15, -0.1) is 0 Å². The molecule has 0 aliphatic carbocycles. The summed E-state index contributed by atoms with van der Waals surface area (Å²) in [5.74, 6) is -1.71. The molecule has 0 radical (unpaired) electrons. The summed E-state index contributed by atoms with van der Waals surface area (Å²) in [6.45, 7) is 1.73. The molecule has 26 heavy (non-hydrogen) atoms. The third-order valence-electron chi connectivity index (χ3n) is 4.06. The van der Waals surface area contributed by atoms with E-state index in [-0.39, 0.29) is 12.4 Å². The highest BCUT2D eigenvalue weighted by molar-refractivity contribution is 7.93. The molecule has 1 heterocycles. The number of nitrogens with one attached hydrogen (secondary N) is 4. The number of hydrogen-bond donors (Lipinski definition) is 4. The van der Waals surface area contributed by atoms with Gasteiger partial charge in [0.25, 0.3) is 10.0 Å². The molecule has 2 unspecified atom stereocenters. The predicted octanol–water partition coefficient (Wildman–Crippen LogP) is 1.56. The molecule has 9 heteroatoms. The quantitative estimate of drug-likeness (QED) is 0.633. The van der Waals surface area contributed by atoms with Crippen LogP contribution in [0.25, 0.3) is 0 Å². The van der Waals surface area contributed by atoms with Crippen molar-refractivity contribution >= 4 is 27.3 Å². The first-order valence-electron chi connectivity index (χ1n) is 7.99. The molecular weight excluding hydrogens is 359 g/mol. The van der Waals surface area contributed by atoms with E-state index in [0.717, 1.165) is 0 Å². The van der Waals surface area contributed by atoms with Gasteiger partial charge in [-0.2, -0.15) is 0 Å². The number of benzene rings is 2. The van der Waals surface area contributed by atoms with Gasteiger partial charge in [0.1, 0.15) is 5.82 Å². The molecule has 1 aliphatic heterocycles. The van der Waals surface area contributed by atoms with E-state index < -0.39 is 27.2 Å². The van der Waals surface area contributed by atoms with Crippen LogP contribution >= 0.6 is 0 Å². The molecule has 0 spiro atoms. The van der Waals surface area contributed by atoms with Crippen molar-refractivity contribution in [1.29, 1.82) is 0 Å². The second-order valence-corrected chi connectivity index (χ2v) is 7.82. The van der Waals surface area contributed by atoms with Gasteiger partial charge in [-0.25, -0.2) is 18.2 Å². The first-order chi connectivity index (χ1) is 12.4. The van der Waals surface area contributed by atoms with E-state index in [1.54, 1.807) is 37.3 Å². The molecule has 1 aliphatic rings. The minimum Gasteiger partial charge on any atom is -0.326 e. The van der Waals surface area contributed by atoms with E-state index in [2.05, 4.69) is 20.9 Å². The molecule has 0 saturated carbocycles. The molecule has 0 aromatic heterocycles. The van der Waals surface area contributed by atoms with Gasteiger partial charge in [-0.3, -0.25) is 14.9 Å². The predicted molar refractivity (Wildman–Crippen MR) is 97.2 cm³/mol. The summed E-state index contributed by atoms with van der Waals surface area (Å²) in [5, 5.41) is 1.49. The summed E-state index contributed by atoms with van der Waals surface area (Å²) in [6, 6.07) is 12.6. The molecule has 138 valence electrons. The van der Waals surface area contributed by atoms with Crippen LogP contribution in [0.5, 0.6) is 0 Å². The number of halogens is 1. The molecule has 4 N–H and O–H groups in total. The Morgan fingerprint density at radius 3 is 2.58 bits per heavy atom. The summed E-state index contributed by atoms with van der Waals surface area (Å²) in [4.78, 5) is 12.5. The smallest absolute Gasteiger partial charge is 0.250 e. The van der Waals surface area contributed by atoms with E-state index >= 15 is 0 Å². The van der Waals surface area contributed by atoms with Crippen LogP contribution in [0.3, 0.4) is 0 Å². The Hall–Kier alpha value is -2.49. The molecule has 3 rings (SSSR count). The summed E-state index contributed by atoms with van der Waals surface area (Å²) >= 11 is 0. The lowest BCUT2D eigenvalue weighted by atomic mass is 10.1. The van der Waals surface area contributed by atoms with Gasteiger partial charge >= 0.3 is 0 Å². The van der Waals surface area contributed by atoms with Crippen LogP contribution in [0.15, 0.2) is 48.5 Å². The summed E-state index contributed by atoms with van der Waals surface area (Å²) in [6.07, 6.45) is 0. The van der Waals surface area contributed by atoms with Crippen molar-refractivity contribution < 1.29 is 17.6 Å². The Kier molecular flexibility index (Phi) is 5.21. The standard InChI is InChI=1S/C17H19FN4O3S/c1-11-9-13(7-8-15(11)18)20-16(23)14-10-19-21-17(14)26(24,25)22-12-5-3-2-4-6-12/h2-9,14,17,19,21-22H,10H2,1H3,(H,20,23). The van der Waals surface area contributed by atoms with E-state index in [1.807, 2.05) is 0 Å². The molecule has 0 bridgehead atoms. The van der Waals surface area contributed by atoms with Gasteiger partial charge in [0.15, 0.2) is 5.37 Å². The van der Waals surface area contributed by atoms with Crippen LogP contribution in [0.1, 0.15) is 5.56 Å². The number of hydrazine groups is 1. The number of hydrogen-bond acceptors (Lipinski definition) is 5. The fourth-order valence-corrected chi connectivity index (χ4v) is 4.17. The molecule has 2 aromatic rings. The fourth-order valence-electron chi connectivity index (χ4n) is 2.69. The van der Waals surface area contributed by atoms with Gasteiger partial charge in [0.2, 0.25) is 5.91 Å². The van der Waals surface area contributed by atoms with E-state index in [0.29, 0.717) is 16.9 Å². The lowest BCUT2D eigenvalue weighted by Crippen LogP contribution is -2.45. The zero-order valence-corrected chi connectivity index (χ0v) is 14.8. The van der Waals surface area contributed by atoms with Crippen LogP contribution in [0.2, 0.25) is 0 Å². The number of sulfonamides is 1. The largest absolute Gasteiger partial charge is 0.326 e. The number of anilines is 2. The molecule has 1 amide bonds. The Labute approximate surface area is 151 Å². The summed E-state index contributed by atoms with van der Waals surface area (Å²) < 4.78 is 41.1. The van der Waals surface area contributed by atoms with Crippen molar-refractivity contribution in [2.45, 2.75) is 12.3 Å². The number of amides is 1. The lowest BCUT2D eigenvalue weighted by Gasteiger charge is -2.19. The zero-order chi connectivity index (χ0) is 18.7. The van der Waals surface area contributed by atoms with Crippen molar-refractivity contribution in [1.82, 2.24) is 10.9 Å². The topological polar surface area (TPSA) is 99.3 Å². The zero-order valence-electron chi connectivity index (χ0n) is 14.0. The molecule has 2 atom stereocenters. The Morgan fingerprint density at radius 2 is 1.88 bits per heavy atom. The van der Waals surface area contributed by atoms with Crippen LogP contribution in [0, 0.1) is 18.7 Å². The van der Waals surface area contributed by atoms with Crippen molar-refractivity contribution in [3.63, 3.8) is 0 Å². The first kappa shape index (κ1) is 18.3. The molecular formula is C17H19FN4O3S. The lowest BCUT2D eigenvalue weighted by molar-refractivity contribution is -0.119. The third-order valence-corrected chi connectivity index (χ3v) is 5.70. The van der Waals surface area contributed by atoms with Gasteiger partial charge in [-0.05, 0) is 42.8 Å². The van der Waals surface area contributed by atoms with E-state index in [1.165, 1.54) is 18.2 Å². The number of carbonyl (C=O) groups excluding carboxylic acids is 1. The van der Waals surface area contributed by atoms with Crippen molar-refractivity contribution in [2.24, 2.45) is 5.92 Å². The summed E-state index contributed by atoms with van der Waals surface area (Å²) in [5.41, 5.74) is 6.56. The number of aryl methyl sites for hydroxylation is 1. The second kappa shape index (κ2) is 7.40. The summed E-state index contributed by atoms with van der Waals surface area (Å²) in [7, 11) is -3.86. The van der Waals surface area contributed by atoms with Crippen LogP contribution in [0.4, 0.5) is 15.8 Å². The molecule has 1 fully saturated rings. The third kappa shape index (κ3) is 4.01. The van der Waals surface area contributed by atoms with E-state index in [4.69, 9.17) is 0 Å². The molecule has 1 saturated heterocycles. The van der Waals surface area contributed by atoms with Gasteiger partial charge in [0, 0.05) is 17.9 Å². The van der Waals surface area contributed by atoms with E-state index in [9.17, 15) is 17.6 Å². The molecule has 2 aromatic carbocycles. The second-order valence-electron chi connectivity index (χ2n) is 6.02. The minimum absolute atomic E-state index is 0.145. The average molecular weight is 378 g/mol. The van der Waals surface area contributed by atoms with Crippen molar-refractivity contribution in [3.8, 4) is 0 Å². The first-order valence-corrected chi connectivity index (χ1v) is 9.53. The molecule has 7 nitrogen and oxygen atoms in total. The Bertz CT molecular complexity index is 905. The number of rotatable bonds is 5. The van der Waals surface area contributed by atoms with Crippen molar-refractivity contribution in [3.05, 3.63) is 59.9 Å². The number of para-hydroxylation sites is 1. The fraction of sp³-hybridized carbons (Fsp3) is 0.235. The van der Waals surface area contributed by atoms with Crippen LogP contribution in [-0.2, 0) is 14.8 Å². The van der Waals surface area contributed by atoms with Gasteiger partial charge < -0.3 is 5.32 Å². The monoisotopic (exact) mass is 378 g/mol. The Morgan fingerprint density at radius 1 is 1.15 bits per heavy atom. The van der Waals surface area contributed by atoms with Crippen LogP contribution in [-0.4, -0.2) is 26.2 Å². The Balaban J connectivity index is 1.74. The maximum atomic E-state index is 13.3. The van der Waals surface area contributed by atoms with Crippen LogP contribution < -0.4 is 20.9 Å². The number of carbonyl (C=O) groups is 1.